The van der Waals surface area contributed by atoms with E-state index in [9.17, 15) is 4.79 Å². The molecule has 1 amide bonds. The molecule has 0 unspecified atom stereocenters. The van der Waals surface area contributed by atoms with E-state index < -0.39 is 0 Å². The fourth-order valence-electron chi connectivity index (χ4n) is 3.23. The van der Waals surface area contributed by atoms with Gasteiger partial charge in [0.2, 0.25) is 11.7 Å². The molecule has 2 aromatic heterocycles. The highest BCUT2D eigenvalue weighted by molar-refractivity contribution is 5.94. The molecule has 0 radical (unpaired) electrons. The number of aryl methyl sites for hydroxylation is 2. The molecule has 8 heteroatoms. The molecule has 8 nitrogen and oxygen atoms in total. The number of rotatable bonds is 7. The van der Waals surface area contributed by atoms with Gasteiger partial charge in [-0.05, 0) is 49.7 Å². The molecule has 31 heavy (non-hydrogen) atoms. The van der Waals surface area contributed by atoms with Crippen LogP contribution in [0.2, 0.25) is 0 Å². The van der Waals surface area contributed by atoms with Crippen molar-refractivity contribution < 1.29 is 14.1 Å². The first kappa shape index (κ1) is 20.3. The molecular weight excluding hydrogens is 394 g/mol. The number of benzene rings is 2. The lowest BCUT2D eigenvalue weighted by Gasteiger charge is -2.06. The zero-order valence-electron chi connectivity index (χ0n) is 17.6. The van der Waals surface area contributed by atoms with Crippen LogP contribution in [0.15, 0.2) is 59.1 Å². The number of hydrogen-bond donors (Lipinski definition) is 1. The topological polar surface area (TPSA) is 95.1 Å². The summed E-state index contributed by atoms with van der Waals surface area (Å²) in [6.07, 6.45) is 0. The van der Waals surface area contributed by atoms with Gasteiger partial charge in [0.05, 0.1) is 25.9 Å². The molecule has 0 aliphatic heterocycles. The van der Waals surface area contributed by atoms with E-state index in [-0.39, 0.29) is 12.5 Å². The van der Waals surface area contributed by atoms with Crippen LogP contribution in [0.3, 0.4) is 0 Å². The van der Waals surface area contributed by atoms with Crippen LogP contribution in [-0.4, -0.2) is 32.9 Å². The zero-order chi connectivity index (χ0) is 21.8. The second-order valence-electron chi connectivity index (χ2n) is 7.21. The van der Waals surface area contributed by atoms with Gasteiger partial charge in [-0.3, -0.25) is 9.48 Å². The van der Waals surface area contributed by atoms with E-state index in [1.807, 2.05) is 61.0 Å². The first-order valence-electron chi connectivity index (χ1n) is 9.87. The average molecular weight is 417 g/mol. The maximum atomic E-state index is 12.5. The molecule has 0 spiro atoms. The lowest BCUT2D eigenvalue weighted by Crippen LogP contribution is -2.23. The predicted octanol–water partition coefficient (Wildman–Crippen LogP) is 3.54. The standard InChI is InChI=1S/C23H23N5O3/c1-15-11-16(2)28(26-15)14-17-7-9-18(10-8-17)23(29)24-13-21-25-22(27-31-21)19-5-4-6-20(12-19)30-3/h4-12H,13-14H2,1-3H3,(H,24,29). The summed E-state index contributed by atoms with van der Waals surface area (Å²) < 4.78 is 12.4. The van der Waals surface area contributed by atoms with Crippen LogP contribution in [0, 0.1) is 13.8 Å². The number of amides is 1. The third kappa shape index (κ3) is 4.80. The van der Waals surface area contributed by atoms with Gasteiger partial charge >= 0.3 is 0 Å². The number of carbonyl (C=O) groups is 1. The van der Waals surface area contributed by atoms with Gasteiger partial charge < -0.3 is 14.6 Å². The van der Waals surface area contributed by atoms with Gasteiger partial charge in [0.15, 0.2) is 0 Å². The predicted molar refractivity (Wildman–Crippen MR) is 115 cm³/mol. The Morgan fingerprint density at radius 2 is 1.94 bits per heavy atom. The summed E-state index contributed by atoms with van der Waals surface area (Å²) in [5, 5.41) is 11.2. The van der Waals surface area contributed by atoms with Gasteiger partial charge in [-0.2, -0.15) is 10.1 Å². The van der Waals surface area contributed by atoms with Crippen molar-refractivity contribution in [2.24, 2.45) is 0 Å². The monoisotopic (exact) mass is 417 g/mol. The molecule has 0 atom stereocenters. The van der Waals surface area contributed by atoms with E-state index in [1.165, 1.54) is 0 Å². The van der Waals surface area contributed by atoms with Gasteiger partial charge in [-0.25, -0.2) is 0 Å². The Bertz CT molecular complexity index is 1190. The van der Waals surface area contributed by atoms with E-state index in [1.54, 1.807) is 19.2 Å². The van der Waals surface area contributed by atoms with Gasteiger partial charge in [-0.1, -0.05) is 29.4 Å². The van der Waals surface area contributed by atoms with Crippen LogP contribution in [-0.2, 0) is 13.1 Å². The lowest BCUT2D eigenvalue weighted by atomic mass is 10.1. The molecule has 0 saturated heterocycles. The molecule has 4 aromatic rings. The SMILES string of the molecule is COc1cccc(-c2noc(CNC(=O)c3ccc(Cn4nc(C)cc4C)cc3)n2)c1. The molecule has 4 rings (SSSR count). The number of hydrogen-bond acceptors (Lipinski definition) is 6. The Morgan fingerprint density at radius 1 is 1.13 bits per heavy atom. The third-order valence-electron chi connectivity index (χ3n) is 4.85. The highest BCUT2D eigenvalue weighted by atomic mass is 16.5. The highest BCUT2D eigenvalue weighted by Gasteiger charge is 2.12. The molecule has 0 aliphatic rings. The summed E-state index contributed by atoms with van der Waals surface area (Å²) >= 11 is 0. The van der Waals surface area contributed by atoms with Crippen molar-refractivity contribution in [3.63, 3.8) is 0 Å². The Kier molecular flexibility index (Phi) is 5.79. The molecule has 2 aromatic carbocycles. The van der Waals surface area contributed by atoms with E-state index in [0.717, 1.165) is 22.5 Å². The van der Waals surface area contributed by atoms with E-state index in [4.69, 9.17) is 9.26 Å². The van der Waals surface area contributed by atoms with E-state index in [2.05, 4.69) is 20.6 Å². The van der Waals surface area contributed by atoms with Crippen molar-refractivity contribution in [3.8, 4) is 17.1 Å². The maximum Gasteiger partial charge on any atom is 0.251 e. The quantitative estimate of drug-likeness (QED) is 0.494. The summed E-state index contributed by atoms with van der Waals surface area (Å²) in [5.41, 5.74) is 4.50. The summed E-state index contributed by atoms with van der Waals surface area (Å²) in [7, 11) is 1.60. The fourth-order valence-corrected chi connectivity index (χ4v) is 3.23. The van der Waals surface area contributed by atoms with Crippen LogP contribution in [0.5, 0.6) is 5.75 Å². The summed E-state index contributed by atoms with van der Waals surface area (Å²) in [4.78, 5) is 16.8. The molecule has 158 valence electrons. The maximum absolute atomic E-state index is 12.5. The third-order valence-corrected chi connectivity index (χ3v) is 4.85. The molecule has 1 N–H and O–H groups in total. The Morgan fingerprint density at radius 3 is 2.65 bits per heavy atom. The van der Waals surface area contributed by atoms with Gasteiger partial charge in [-0.15, -0.1) is 0 Å². The first-order chi connectivity index (χ1) is 15.0. The molecule has 0 bridgehead atoms. The number of carbonyl (C=O) groups excluding carboxylic acids is 1. The lowest BCUT2D eigenvalue weighted by molar-refractivity contribution is 0.0946. The van der Waals surface area contributed by atoms with Gasteiger partial charge in [0, 0.05) is 16.8 Å². The van der Waals surface area contributed by atoms with E-state index in [0.29, 0.717) is 29.6 Å². The molecule has 0 aliphatic carbocycles. The van der Waals surface area contributed by atoms with Gasteiger partial charge in [0.25, 0.3) is 5.91 Å². The summed E-state index contributed by atoms with van der Waals surface area (Å²) in [6.45, 7) is 4.80. The van der Waals surface area contributed by atoms with Crippen LogP contribution in [0.4, 0.5) is 0 Å². The second-order valence-corrected chi connectivity index (χ2v) is 7.21. The van der Waals surface area contributed by atoms with Crippen LogP contribution < -0.4 is 10.1 Å². The zero-order valence-corrected chi connectivity index (χ0v) is 17.6. The largest absolute Gasteiger partial charge is 0.497 e. The second kappa shape index (κ2) is 8.83. The van der Waals surface area contributed by atoms with Crippen molar-refractivity contribution in [2.75, 3.05) is 7.11 Å². The Balaban J connectivity index is 1.35. The van der Waals surface area contributed by atoms with E-state index >= 15 is 0 Å². The fraction of sp³-hybridized carbons (Fsp3) is 0.217. The molecule has 2 heterocycles. The summed E-state index contributed by atoms with van der Waals surface area (Å²) in [6, 6.07) is 16.9. The first-order valence-corrected chi connectivity index (χ1v) is 9.87. The molecule has 0 fully saturated rings. The smallest absolute Gasteiger partial charge is 0.251 e. The molecular formula is C23H23N5O3. The Hall–Kier alpha value is -3.94. The van der Waals surface area contributed by atoms with Gasteiger partial charge in [0.1, 0.15) is 5.75 Å². The van der Waals surface area contributed by atoms with Crippen LogP contribution in [0.25, 0.3) is 11.4 Å². The number of nitrogens with one attached hydrogen (secondary N) is 1. The minimum Gasteiger partial charge on any atom is -0.497 e. The van der Waals surface area contributed by atoms with Crippen molar-refractivity contribution in [1.29, 1.82) is 0 Å². The van der Waals surface area contributed by atoms with Crippen molar-refractivity contribution in [2.45, 2.75) is 26.9 Å². The van der Waals surface area contributed by atoms with Crippen molar-refractivity contribution >= 4 is 5.91 Å². The average Bonchev–Trinajstić information content (AvgIpc) is 3.38. The number of nitrogens with zero attached hydrogens (tertiary/aromatic N) is 4. The summed E-state index contributed by atoms with van der Waals surface area (Å²) in [5.74, 6) is 1.27. The van der Waals surface area contributed by atoms with Crippen LogP contribution >= 0.6 is 0 Å². The highest BCUT2D eigenvalue weighted by Crippen LogP contribution is 2.21. The normalized spacial score (nSPS) is 10.8. The van der Waals surface area contributed by atoms with Crippen LogP contribution in [0.1, 0.15) is 33.2 Å². The number of methoxy groups -OCH3 is 1. The number of ether oxygens (including phenoxy) is 1. The van der Waals surface area contributed by atoms with Crippen molar-refractivity contribution in [1.82, 2.24) is 25.2 Å². The molecule has 0 saturated carbocycles. The minimum absolute atomic E-state index is 0.142. The minimum atomic E-state index is -0.209. The Labute approximate surface area is 179 Å². The van der Waals surface area contributed by atoms with Crippen molar-refractivity contribution in [3.05, 3.63) is 83.0 Å². The number of aromatic nitrogens is 4.